The number of benzene rings is 1. The number of halogens is 1. The lowest BCUT2D eigenvalue weighted by Crippen LogP contribution is -2.55. The van der Waals surface area contributed by atoms with Crippen LogP contribution in [0, 0.1) is 11.7 Å². The topological polar surface area (TPSA) is 61.4 Å². The lowest BCUT2D eigenvalue weighted by atomic mass is 9.98. The van der Waals surface area contributed by atoms with Crippen LogP contribution in [0.4, 0.5) is 9.18 Å². The van der Waals surface area contributed by atoms with Crippen LogP contribution < -0.4 is 10.6 Å². The summed E-state index contributed by atoms with van der Waals surface area (Å²) in [6.07, 6.45) is 2.88. The number of likely N-dealkylation sites (tertiary alicyclic amines) is 1. The van der Waals surface area contributed by atoms with Crippen LogP contribution in [-0.4, -0.2) is 35.5 Å². The zero-order chi connectivity index (χ0) is 16.4. The van der Waals surface area contributed by atoms with Gasteiger partial charge in [0.15, 0.2) is 0 Å². The largest absolute Gasteiger partial charge is 0.350 e. The number of carbonyl (C=O) groups excluding carboxylic acids is 2. The van der Waals surface area contributed by atoms with Gasteiger partial charge in [-0.25, -0.2) is 9.18 Å². The molecule has 2 fully saturated rings. The van der Waals surface area contributed by atoms with Crippen LogP contribution in [0.1, 0.15) is 31.7 Å². The van der Waals surface area contributed by atoms with E-state index in [2.05, 4.69) is 10.6 Å². The van der Waals surface area contributed by atoms with Gasteiger partial charge in [-0.05, 0) is 49.8 Å². The third-order valence-corrected chi connectivity index (χ3v) is 4.80. The number of fused-ring (bicyclic) bond motifs is 2. The number of rotatable bonds is 4. The second-order valence-electron chi connectivity index (χ2n) is 6.26. The van der Waals surface area contributed by atoms with Crippen molar-refractivity contribution in [1.82, 2.24) is 15.5 Å². The Hall–Kier alpha value is -2.11. The molecule has 124 valence electrons. The highest BCUT2D eigenvalue weighted by Crippen LogP contribution is 2.42. The van der Waals surface area contributed by atoms with Crippen LogP contribution in [-0.2, 0) is 11.3 Å². The molecule has 1 saturated carbocycles. The quantitative estimate of drug-likeness (QED) is 0.892. The zero-order valence-corrected chi connectivity index (χ0v) is 13.2. The monoisotopic (exact) mass is 319 g/mol. The molecule has 0 aromatic heterocycles. The molecule has 1 aliphatic carbocycles. The van der Waals surface area contributed by atoms with Gasteiger partial charge in [0.2, 0.25) is 5.91 Å². The number of hydrogen-bond acceptors (Lipinski definition) is 2. The van der Waals surface area contributed by atoms with Crippen LogP contribution in [0.5, 0.6) is 0 Å². The van der Waals surface area contributed by atoms with Crippen molar-refractivity contribution < 1.29 is 14.0 Å². The number of amides is 3. The first-order chi connectivity index (χ1) is 11.1. The maximum absolute atomic E-state index is 12.9. The summed E-state index contributed by atoms with van der Waals surface area (Å²) in [5.41, 5.74) is 0.840. The number of nitrogens with one attached hydrogen (secondary N) is 2. The van der Waals surface area contributed by atoms with E-state index < -0.39 is 0 Å². The van der Waals surface area contributed by atoms with E-state index in [4.69, 9.17) is 0 Å². The Balaban J connectivity index is 1.65. The fourth-order valence-electron chi connectivity index (χ4n) is 3.76. The molecule has 3 rings (SSSR count). The summed E-state index contributed by atoms with van der Waals surface area (Å²) in [5, 5.41) is 5.69. The first-order valence-corrected chi connectivity index (χ1v) is 8.18. The van der Waals surface area contributed by atoms with Crippen molar-refractivity contribution in [2.45, 2.75) is 44.8 Å². The fraction of sp³-hybridized carbons (Fsp3) is 0.529. The molecule has 3 amide bonds. The SMILES string of the molecule is CCNC(=O)N1C2CCC(C2)C1C(=O)NCc1ccc(F)cc1. The van der Waals surface area contributed by atoms with Crippen molar-refractivity contribution in [2.24, 2.45) is 5.92 Å². The average molecular weight is 319 g/mol. The van der Waals surface area contributed by atoms with E-state index in [1.165, 1.54) is 12.1 Å². The van der Waals surface area contributed by atoms with Crippen LogP contribution in [0.3, 0.4) is 0 Å². The lowest BCUT2D eigenvalue weighted by Gasteiger charge is -2.34. The van der Waals surface area contributed by atoms with E-state index in [-0.39, 0.29) is 35.8 Å². The third kappa shape index (κ3) is 3.16. The van der Waals surface area contributed by atoms with Gasteiger partial charge in [-0.1, -0.05) is 12.1 Å². The van der Waals surface area contributed by atoms with Gasteiger partial charge in [-0.15, -0.1) is 0 Å². The molecule has 6 heteroatoms. The molecule has 3 atom stereocenters. The van der Waals surface area contributed by atoms with Gasteiger partial charge in [0, 0.05) is 19.1 Å². The Bertz CT molecular complexity index is 590. The molecule has 23 heavy (non-hydrogen) atoms. The van der Waals surface area contributed by atoms with Crippen LogP contribution in [0.2, 0.25) is 0 Å². The number of urea groups is 1. The number of hydrogen-bond donors (Lipinski definition) is 2. The molecule has 2 N–H and O–H groups in total. The molecule has 2 bridgehead atoms. The molecule has 3 unspecified atom stereocenters. The average Bonchev–Trinajstić information content (AvgIpc) is 3.15. The standard InChI is InChI=1S/C17H22FN3O2/c1-2-19-17(23)21-14-8-5-12(9-14)15(21)16(22)20-10-11-3-6-13(18)7-4-11/h3-4,6-7,12,14-15H,2,5,8-10H2,1H3,(H,19,23)(H,20,22). The van der Waals surface area contributed by atoms with Crippen molar-refractivity contribution >= 4 is 11.9 Å². The fourth-order valence-corrected chi connectivity index (χ4v) is 3.76. The summed E-state index contributed by atoms with van der Waals surface area (Å²) >= 11 is 0. The maximum Gasteiger partial charge on any atom is 0.318 e. The molecule has 0 spiro atoms. The summed E-state index contributed by atoms with van der Waals surface area (Å²) in [7, 11) is 0. The maximum atomic E-state index is 12.9. The van der Waals surface area contributed by atoms with Crippen molar-refractivity contribution in [3.63, 3.8) is 0 Å². The second-order valence-corrected chi connectivity index (χ2v) is 6.26. The minimum absolute atomic E-state index is 0.118. The van der Waals surface area contributed by atoms with Gasteiger partial charge in [0.05, 0.1) is 0 Å². The Morgan fingerprint density at radius 2 is 1.96 bits per heavy atom. The van der Waals surface area contributed by atoms with Crippen LogP contribution in [0.15, 0.2) is 24.3 Å². The van der Waals surface area contributed by atoms with E-state index in [1.54, 1.807) is 17.0 Å². The van der Waals surface area contributed by atoms with Gasteiger partial charge in [0.25, 0.3) is 0 Å². The molecular weight excluding hydrogens is 297 g/mol. The molecule has 1 saturated heterocycles. The second kappa shape index (κ2) is 6.56. The summed E-state index contributed by atoms with van der Waals surface area (Å²) in [5.74, 6) is -0.167. The minimum atomic E-state index is -0.388. The van der Waals surface area contributed by atoms with Gasteiger partial charge in [-0.2, -0.15) is 0 Å². The van der Waals surface area contributed by atoms with E-state index in [0.717, 1.165) is 24.8 Å². The molecule has 0 radical (unpaired) electrons. The Labute approximate surface area is 135 Å². The van der Waals surface area contributed by atoms with E-state index in [0.29, 0.717) is 13.1 Å². The predicted octanol–water partition coefficient (Wildman–Crippen LogP) is 2.02. The summed E-state index contributed by atoms with van der Waals surface area (Å²) in [4.78, 5) is 26.6. The Morgan fingerprint density at radius 3 is 2.65 bits per heavy atom. The first kappa shape index (κ1) is 15.8. The number of nitrogens with zero attached hydrogens (tertiary/aromatic N) is 1. The van der Waals surface area contributed by atoms with Gasteiger partial charge < -0.3 is 15.5 Å². The third-order valence-electron chi connectivity index (χ3n) is 4.80. The van der Waals surface area contributed by atoms with Crippen molar-refractivity contribution in [2.75, 3.05) is 6.54 Å². The Kier molecular flexibility index (Phi) is 4.50. The highest BCUT2D eigenvalue weighted by Gasteiger charge is 2.51. The van der Waals surface area contributed by atoms with Gasteiger partial charge >= 0.3 is 6.03 Å². The van der Waals surface area contributed by atoms with Crippen LogP contribution in [0.25, 0.3) is 0 Å². The van der Waals surface area contributed by atoms with Crippen molar-refractivity contribution in [3.8, 4) is 0 Å². The smallest absolute Gasteiger partial charge is 0.318 e. The minimum Gasteiger partial charge on any atom is -0.350 e. The number of piperidine rings is 1. The number of carbonyl (C=O) groups is 2. The molecule has 1 aromatic rings. The van der Waals surface area contributed by atoms with Gasteiger partial charge in [0.1, 0.15) is 11.9 Å². The van der Waals surface area contributed by atoms with Crippen molar-refractivity contribution in [1.29, 1.82) is 0 Å². The van der Waals surface area contributed by atoms with E-state index in [9.17, 15) is 14.0 Å². The molecule has 1 aliphatic heterocycles. The highest BCUT2D eigenvalue weighted by molar-refractivity contribution is 5.88. The molecule has 5 nitrogen and oxygen atoms in total. The molecule has 2 aliphatic rings. The summed E-state index contributed by atoms with van der Waals surface area (Å²) < 4.78 is 12.9. The molecule has 1 aromatic carbocycles. The van der Waals surface area contributed by atoms with E-state index in [1.807, 2.05) is 6.92 Å². The van der Waals surface area contributed by atoms with Crippen molar-refractivity contribution in [3.05, 3.63) is 35.6 Å². The summed E-state index contributed by atoms with van der Waals surface area (Å²) in [6, 6.07) is 5.69. The van der Waals surface area contributed by atoms with Crippen LogP contribution >= 0.6 is 0 Å². The highest BCUT2D eigenvalue weighted by atomic mass is 19.1. The predicted molar refractivity (Wildman–Crippen MR) is 84.1 cm³/mol. The van der Waals surface area contributed by atoms with Gasteiger partial charge in [-0.3, -0.25) is 4.79 Å². The van der Waals surface area contributed by atoms with E-state index >= 15 is 0 Å². The molecule has 1 heterocycles. The normalized spacial score (nSPS) is 25.5. The molecular formula is C17H22FN3O2. The first-order valence-electron chi connectivity index (χ1n) is 8.18. The Morgan fingerprint density at radius 1 is 1.22 bits per heavy atom. The zero-order valence-electron chi connectivity index (χ0n) is 13.2. The summed E-state index contributed by atoms with van der Waals surface area (Å²) in [6.45, 7) is 2.77. The lowest BCUT2D eigenvalue weighted by molar-refractivity contribution is -0.127.